The molecule has 146 valence electrons. The summed E-state index contributed by atoms with van der Waals surface area (Å²) in [5.74, 6) is 2.25. The van der Waals surface area contributed by atoms with E-state index in [9.17, 15) is 4.79 Å². The fourth-order valence-electron chi connectivity index (χ4n) is 3.71. The van der Waals surface area contributed by atoms with E-state index in [0.717, 1.165) is 50.3 Å². The topological polar surface area (TPSA) is 62.6 Å². The Hall–Kier alpha value is -3.00. The number of carbonyl (C=O) groups excluding carboxylic acids is 1. The number of carbonyl (C=O) groups is 1. The molecule has 0 spiro atoms. The fourth-order valence-corrected chi connectivity index (χ4v) is 3.71. The van der Waals surface area contributed by atoms with Crippen molar-refractivity contribution >= 4 is 5.91 Å². The molecule has 28 heavy (non-hydrogen) atoms. The Morgan fingerprint density at radius 1 is 1.11 bits per heavy atom. The molecule has 2 aromatic carbocycles. The molecule has 0 N–H and O–H groups in total. The van der Waals surface area contributed by atoms with E-state index in [1.54, 1.807) is 38.5 Å². The zero-order valence-corrected chi connectivity index (χ0v) is 16.5. The average Bonchev–Trinajstić information content (AvgIpc) is 2.77. The summed E-state index contributed by atoms with van der Waals surface area (Å²) >= 11 is 0. The van der Waals surface area contributed by atoms with Gasteiger partial charge in [0.05, 0.1) is 25.9 Å². The minimum absolute atomic E-state index is 0.0214. The number of likely N-dealkylation sites (tertiary alicyclic amines) is 1. The van der Waals surface area contributed by atoms with Gasteiger partial charge in [-0.2, -0.15) is 5.26 Å². The van der Waals surface area contributed by atoms with Crippen LogP contribution < -0.4 is 9.47 Å². The maximum Gasteiger partial charge on any atom is 0.253 e. The molecule has 2 aromatic rings. The van der Waals surface area contributed by atoms with Crippen LogP contribution in [-0.4, -0.2) is 38.1 Å². The molecule has 1 aliphatic rings. The molecule has 1 aliphatic heterocycles. The van der Waals surface area contributed by atoms with Crippen LogP contribution in [0.3, 0.4) is 0 Å². The van der Waals surface area contributed by atoms with Crippen LogP contribution in [0.2, 0.25) is 0 Å². The minimum atomic E-state index is 0.0214. The first-order valence-corrected chi connectivity index (χ1v) is 9.64. The quantitative estimate of drug-likeness (QED) is 0.760. The highest BCUT2D eigenvalue weighted by Gasteiger charge is 2.23. The molecular formula is C23H26N2O3. The largest absolute Gasteiger partial charge is 0.497 e. The number of amides is 1. The summed E-state index contributed by atoms with van der Waals surface area (Å²) < 4.78 is 10.7. The van der Waals surface area contributed by atoms with Crippen LogP contribution in [0, 0.1) is 17.2 Å². The van der Waals surface area contributed by atoms with E-state index in [2.05, 4.69) is 18.2 Å². The van der Waals surface area contributed by atoms with E-state index in [4.69, 9.17) is 14.7 Å². The molecule has 1 heterocycles. The van der Waals surface area contributed by atoms with E-state index >= 15 is 0 Å². The van der Waals surface area contributed by atoms with Gasteiger partial charge in [-0.3, -0.25) is 4.79 Å². The summed E-state index contributed by atoms with van der Waals surface area (Å²) in [6.45, 7) is 1.53. The minimum Gasteiger partial charge on any atom is -0.497 e. The summed E-state index contributed by atoms with van der Waals surface area (Å²) in [5.41, 5.74) is 2.33. The molecule has 0 unspecified atom stereocenters. The van der Waals surface area contributed by atoms with Crippen LogP contribution in [0.4, 0.5) is 0 Å². The van der Waals surface area contributed by atoms with Crippen molar-refractivity contribution in [3.63, 3.8) is 0 Å². The lowest BCUT2D eigenvalue weighted by Crippen LogP contribution is -2.38. The highest BCUT2D eigenvalue weighted by atomic mass is 16.5. The van der Waals surface area contributed by atoms with E-state index in [1.165, 1.54) is 5.56 Å². The lowest BCUT2D eigenvalue weighted by Gasteiger charge is -2.32. The zero-order valence-electron chi connectivity index (χ0n) is 16.5. The van der Waals surface area contributed by atoms with Gasteiger partial charge in [-0.05, 0) is 67.5 Å². The van der Waals surface area contributed by atoms with Crippen molar-refractivity contribution in [2.45, 2.75) is 25.7 Å². The first-order valence-electron chi connectivity index (χ1n) is 9.64. The normalized spacial score (nSPS) is 14.4. The smallest absolute Gasteiger partial charge is 0.253 e. The molecule has 1 fully saturated rings. The highest BCUT2D eigenvalue weighted by Crippen LogP contribution is 2.27. The number of nitriles is 1. The monoisotopic (exact) mass is 378 g/mol. The molecule has 5 heteroatoms. The molecule has 0 bridgehead atoms. The first kappa shape index (κ1) is 19.8. The van der Waals surface area contributed by atoms with Crippen molar-refractivity contribution in [1.29, 1.82) is 5.26 Å². The summed E-state index contributed by atoms with van der Waals surface area (Å²) in [6, 6.07) is 15.0. The third kappa shape index (κ3) is 4.83. The Morgan fingerprint density at radius 2 is 1.79 bits per heavy atom. The standard InChI is InChI=1S/C23H26N2O3/c1-27-21-13-18(14-22(15-21)28-2)7-6-17-8-10-25(11-9-17)23(26)20-5-3-4-19(12-20)16-24/h3-5,12-15,17H,6-11H2,1-2H3. The third-order valence-corrected chi connectivity index (χ3v) is 5.39. The van der Waals surface area contributed by atoms with Gasteiger partial charge >= 0.3 is 0 Å². The van der Waals surface area contributed by atoms with Gasteiger partial charge in [0.15, 0.2) is 0 Å². The second-order valence-corrected chi connectivity index (χ2v) is 7.19. The van der Waals surface area contributed by atoms with Crippen LogP contribution in [0.15, 0.2) is 42.5 Å². The highest BCUT2D eigenvalue weighted by molar-refractivity contribution is 5.94. The predicted molar refractivity (Wildman–Crippen MR) is 108 cm³/mol. The van der Waals surface area contributed by atoms with Gasteiger partial charge < -0.3 is 14.4 Å². The van der Waals surface area contributed by atoms with Crippen molar-refractivity contribution in [2.75, 3.05) is 27.3 Å². The lowest BCUT2D eigenvalue weighted by atomic mass is 9.90. The Balaban J connectivity index is 1.53. The number of nitrogens with zero attached hydrogens (tertiary/aromatic N) is 2. The van der Waals surface area contributed by atoms with Crippen molar-refractivity contribution in [2.24, 2.45) is 5.92 Å². The Bertz CT molecular complexity index is 842. The van der Waals surface area contributed by atoms with Crippen molar-refractivity contribution in [1.82, 2.24) is 4.90 Å². The van der Waals surface area contributed by atoms with Crippen molar-refractivity contribution in [3.05, 3.63) is 59.2 Å². The average molecular weight is 378 g/mol. The number of benzene rings is 2. The van der Waals surface area contributed by atoms with Gasteiger partial charge in [0.1, 0.15) is 11.5 Å². The number of methoxy groups -OCH3 is 2. The maximum absolute atomic E-state index is 12.7. The molecule has 0 aliphatic carbocycles. The Kier molecular flexibility index (Phi) is 6.54. The molecule has 1 amide bonds. The number of piperidine rings is 1. The summed E-state index contributed by atoms with van der Waals surface area (Å²) in [4.78, 5) is 14.6. The van der Waals surface area contributed by atoms with Crippen LogP contribution in [0.1, 0.15) is 40.7 Å². The van der Waals surface area contributed by atoms with E-state index in [-0.39, 0.29) is 5.91 Å². The summed E-state index contributed by atoms with van der Waals surface area (Å²) in [6.07, 6.45) is 4.06. The summed E-state index contributed by atoms with van der Waals surface area (Å²) in [7, 11) is 3.33. The fraction of sp³-hybridized carbons (Fsp3) is 0.391. The van der Waals surface area contributed by atoms with Crippen molar-refractivity contribution in [3.8, 4) is 17.6 Å². The zero-order chi connectivity index (χ0) is 19.9. The molecule has 0 atom stereocenters. The van der Waals surface area contributed by atoms with Gasteiger partial charge in [-0.25, -0.2) is 0 Å². The van der Waals surface area contributed by atoms with E-state index in [1.807, 2.05) is 11.0 Å². The third-order valence-electron chi connectivity index (χ3n) is 5.39. The summed E-state index contributed by atoms with van der Waals surface area (Å²) in [5, 5.41) is 9.02. The maximum atomic E-state index is 12.7. The van der Waals surface area contributed by atoms with E-state index < -0.39 is 0 Å². The molecular weight excluding hydrogens is 352 g/mol. The van der Waals surface area contributed by atoms with Gasteiger partial charge in [0.2, 0.25) is 0 Å². The number of hydrogen-bond donors (Lipinski definition) is 0. The molecule has 0 saturated carbocycles. The Morgan fingerprint density at radius 3 is 2.39 bits per heavy atom. The molecule has 5 nitrogen and oxygen atoms in total. The van der Waals surface area contributed by atoms with Crippen LogP contribution in [0.25, 0.3) is 0 Å². The van der Waals surface area contributed by atoms with Gasteiger partial charge in [-0.15, -0.1) is 0 Å². The van der Waals surface area contributed by atoms with Crippen LogP contribution in [0.5, 0.6) is 11.5 Å². The second kappa shape index (κ2) is 9.27. The number of rotatable bonds is 6. The number of hydrogen-bond acceptors (Lipinski definition) is 4. The van der Waals surface area contributed by atoms with Crippen LogP contribution >= 0.6 is 0 Å². The van der Waals surface area contributed by atoms with Gasteiger partial charge in [0, 0.05) is 24.7 Å². The number of ether oxygens (including phenoxy) is 2. The first-order chi connectivity index (χ1) is 13.6. The molecule has 0 aromatic heterocycles. The van der Waals surface area contributed by atoms with Gasteiger partial charge in [0.25, 0.3) is 5.91 Å². The Labute approximate surface area is 166 Å². The van der Waals surface area contributed by atoms with Gasteiger partial charge in [-0.1, -0.05) is 6.07 Å². The number of aryl methyl sites for hydroxylation is 1. The molecule has 1 saturated heterocycles. The molecule has 0 radical (unpaired) electrons. The van der Waals surface area contributed by atoms with Crippen LogP contribution in [-0.2, 0) is 6.42 Å². The predicted octanol–water partition coefficient (Wildman–Crippen LogP) is 4.06. The van der Waals surface area contributed by atoms with Crippen molar-refractivity contribution < 1.29 is 14.3 Å². The van der Waals surface area contributed by atoms with E-state index in [0.29, 0.717) is 17.0 Å². The SMILES string of the molecule is COc1cc(CCC2CCN(C(=O)c3cccc(C#N)c3)CC2)cc(OC)c1. The molecule has 3 rings (SSSR count). The lowest BCUT2D eigenvalue weighted by molar-refractivity contribution is 0.0687. The second-order valence-electron chi connectivity index (χ2n) is 7.19.